The Kier molecular flexibility index (Phi) is 9.48. The molecule has 0 fully saturated rings. The Morgan fingerprint density at radius 1 is 1.00 bits per heavy atom. The molecular weight excluding hydrogens is 212 g/mol. The molecule has 0 aliphatic rings. The Hall–Kier alpha value is 0.220. The van der Waals surface area contributed by atoms with Crippen LogP contribution in [-0.4, -0.2) is 0 Å². The van der Waals surface area contributed by atoms with E-state index in [2.05, 4.69) is 29.4 Å². The molecule has 0 aromatic carbocycles. The van der Waals surface area contributed by atoms with E-state index in [1.54, 1.807) is 0 Å². The van der Waals surface area contributed by atoms with E-state index in [9.17, 15) is 0 Å². The van der Waals surface area contributed by atoms with E-state index >= 15 is 0 Å². The lowest BCUT2D eigenvalue weighted by Gasteiger charge is -1.99. The molecule has 0 spiro atoms. The van der Waals surface area contributed by atoms with Gasteiger partial charge in [-0.05, 0) is 17.3 Å². The van der Waals surface area contributed by atoms with Gasteiger partial charge in [0.05, 0.1) is 0 Å². The lowest BCUT2D eigenvalue weighted by Crippen LogP contribution is -1.79. The van der Waals surface area contributed by atoms with Crippen molar-refractivity contribution in [3.8, 4) is 0 Å². The molecule has 0 aromatic rings. The summed E-state index contributed by atoms with van der Waals surface area (Å²) < 4.78 is 1.15. The van der Waals surface area contributed by atoms with E-state index in [0.29, 0.717) is 0 Å². The van der Waals surface area contributed by atoms with Gasteiger partial charge in [0.25, 0.3) is 0 Å². The highest BCUT2D eigenvalue weighted by Crippen LogP contribution is 2.14. The van der Waals surface area contributed by atoms with Crippen molar-refractivity contribution >= 4 is 15.9 Å². The number of hydrogen-bond donors (Lipinski definition) is 0. The molecule has 0 nitrogen and oxygen atoms in total. The summed E-state index contributed by atoms with van der Waals surface area (Å²) in [4.78, 5) is 0. The van der Waals surface area contributed by atoms with Crippen molar-refractivity contribution in [3.05, 3.63) is 11.1 Å². The zero-order valence-electron chi connectivity index (χ0n) is 8.24. The predicted octanol–water partition coefficient (Wildman–Crippen LogP) is 5.04. The van der Waals surface area contributed by atoms with Crippen LogP contribution in [-0.2, 0) is 0 Å². The van der Waals surface area contributed by atoms with E-state index in [1.807, 2.05) is 0 Å². The Morgan fingerprint density at radius 3 is 2.00 bits per heavy atom. The van der Waals surface area contributed by atoms with E-state index in [4.69, 9.17) is 0 Å². The normalized spacial score (nSPS) is 10.2. The summed E-state index contributed by atoms with van der Waals surface area (Å²) >= 11 is 3.37. The Labute approximate surface area is 85.6 Å². The molecule has 0 aromatic heterocycles. The summed E-state index contributed by atoms with van der Waals surface area (Å²) in [5, 5.41) is 0. The smallest absolute Gasteiger partial charge is 0.0121 e. The van der Waals surface area contributed by atoms with Gasteiger partial charge in [0, 0.05) is 0 Å². The Morgan fingerprint density at radius 2 is 1.50 bits per heavy atom. The molecule has 0 rings (SSSR count). The van der Waals surface area contributed by atoms with Crippen LogP contribution in [0.2, 0.25) is 0 Å². The second-order valence-electron chi connectivity index (χ2n) is 3.39. The number of hydrogen-bond acceptors (Lipinski definition) is 0. The summed E-state index contributed by atoms with van der Waals surface area (Å²) in [5.41, 5.74) is 0. The van der Waals surface area contributed by atoms with Crippen LogP contribution in [0.5, 0.6) is 0 Å². The fraction of sp³-hybridized carbons (Fsp3) is 0.818. The molecule has 0 atom stereocenters. The molecule has 0 saturated heterocycles. The fourth-order valence-corrected chi connectivity index (χ4v) is 1.55. The highest BCUT2D eigenvalue weighted by Gasteiger charge is 1.91. The molecule has 72 valence electrons. The molecule has 12 heavy (non-hydrogen) atoms. The molecule has 0 unspecified atom stereocenters. The summed E-state index contributed by atoms with van der Waals surface area (Å²) in [5.74, 6) is 0. The van der Waals surface area contributed by atoms with Gasteiger partial charge in [-0.3, -0.25) is 0 Å². The van der Waals surface area contributed by atoms with E-state index in [-0.39, 0.29) is 0 Å². The lowest BCUT2D eigenvalue weighted by molar-refractivity contribution is 0.591. The maximum atomic E-state index is 3.82. The molecule has 0 N–H and O–H groups in total. The molecule has 0 aliphatic heterocycles. The fourth-order valence-electron chi connectivity index (χ4n) is 1.27. The molecule has 0 aliphatic carbocycles. The van der Waals surface area contributed by atoms with Crippen molar-refractivity contribution in [2.75, 3.05) is 0 Å². The van der Waals surface area contributed by atoms with Gasteiger partial charge in [-0.15, -0.1) is 0 Å². The number of unbranched alkanes of at least 4 members (excludes halogenated alkanes) is 6. The van der Waals surface area contributed by atoms with Gasteiger partial charge < -0.3 is 0 Å². The van der Waals surface area contributed by atoms with Crippen molar-refractivity contribution in [1.82, 2.24) is 0 Å². The summed E-state index contributed by atoms with van der Waals surface area (Å²) in [6, 6.07) is 0. The quantitative estimate of drug-likeness (QED) is 0.515. The average molecular weight is 233 g/mol. The monoisotopic (exact) mass is 232 g/mol. The minimum atomic E-state index is 1.15. The number of allylic oxidation sites excluding steroid dienone is 1. The van der Waals surface area contributed by atoms with Crippen LogP contribution in [0.15, 0.2) is 11.1 Å². The topological polar surface area (TPSA) is 0 Å². The molecule has 1 heteroatoms. The minimum Gasteiger partial charge on any atom is -0.0889 e. The van der Waals surface area contributed by atoms with Crippen LogP contribution in [0.3, 0.4) is 0 Å². The first-order valence-electron chi connectivity index (χ1n) is 5.10. The van der Waals surface area contributed by atoms with Gasteiger partial charge in [0.15, 0.2) is 0 Å². The SMILES string of the molecule is C=C(Br)CCCCCCCCC. The van der Waals surface area contributed by atoms with Crippen LogP contribution in [0.1, 0.15) is 58.3 Å². The molecule has 0 heterocycles. The average Bonchev–Trinajstić information content (AvgIpc) is 2.02. The first-order chi connectivity index (χ1) is 5.77. The van der Waals surface area contributed by atoms with Crippen LogP contribution in [0.4, 0.5) is 0 Å². The van der Waals surface area contributed by atoms with E-state index < -0.39 is 0 Å². The Bertz CT molecular complexity index is 108. The van der Waals surface area contributed by atoms with Crippen LogP contribution in [0, 0.1) is 0 Å². The number of halogens is 1. The van der Waals surface area contributed by atoms with Crippen molar-refractivity contribution in [3.63, 3.8) is 0 Å². The summed E-state index contributed by atoms with van der Waals surface area (Å²) in [6.07, 6.45) is 10.8. The van der Waals surface area contributed by atoms with Crippen LogP contribution >= 0.6 is 15.9 Å². The lowest BCUT2D eigenvalue weighted by atomic mass is 10.1. The van der Waals surface area contributed by atoms with Gasteiger partial charge >= 0.3 is 0 Å². The van der Waals surface area contributed by atoms with Gasteiger partial charge in [0.1, 0.15) is 0 Å². The molecule has 0 bridgehead atoms. The molecule has 0 amide bonds. The number of rotatable bonds is 8. The van der Waals surface area contributed by atoms with Crippen LogP contribution in [0.25, 0.3) is 0 Å². The molecule has 0 radical (unpaired) electrons. The zero-order chi connectivity index (χ0) is 9.23. The van der Waals surface area contributed by atoms with Crippen molar-refractivity contribution < 1.29 is 0 Å². The van der Waals surface area contributed by atoms with E-state index in [0.717, 1.165) is 10.9 Å². The zero-order valence-corrected chi connectivity index (χ0v) is 9.83. The highest BCUT2D eigenvalue weighted by atomic mass is 79.9. The van der Waals surface area contributed by atoms with Crippen LogP contribution < -0.4 is 0 Å². The van der Waals surface area contributed by atoms with Gasteiger partial charge in [0.2, 0.25) is 0 Å². The molecule has 0 saturated carbocycles. The second kappa shape index (κ2) is 9.31. The van der Waals surface area contributed by atoms with E-state index in [1.165, 1.54) is 44.9 Å². The largest absolute Gasteiger partial charge is 0.0889 e. The first kappa shape index (κ1) is 12.2. The third kappa shape index (κ3) is 10.2. The highest BCUT2D eigenvalue weighted by molar-refractivity contribution is 9.11. The first-order valence-corrected chi connectivity index (χ1v) is 5.90. The van der Waals surface area contributed by atoms with Crippen molar-refractivity contribution in [1.29, 1.82) is 0 Å². The third-order valence-corrected chi connectivity index (χ3v) is 2.45. The van der Waals surface area contributed by atoms with Crippen molar-refractivity contribution in [2.24, 2.45) is 0 Å². The maximum Gasteiger partial charge on any atom is -0.0121 e. The predicted molar refractivity (Wildman–Crippen MR) is 60.7 cm³/mol. The maximum absolute atomic E-state index is 3.82. The molecular formula is C11H21Br. The minimum absolute atomic E-state index is 1.15. The summed E-state index contributed by atoms with van der Waals surface area (Å²) in [7, 11) is 0. The Balaban J connectivity index is 2.86. The second-order valence-corrected chi connectivity index (χ2v) is 4.51. The van der Waals surface area contributed by atoms with Gasteiger partial charge in [-0.1, -0.05) is 68.0 Å². The van der Waals surface area contributed by atoms with Crippen molar-refractivity contribution in [2.45, 2.75) is 58.3 Å². The van der Waals surface area contributed by atoms with Gasteiger partial charge in [-0.2, -0.15) is 0 Å². The summed E-state index contributed by atoms with van der Waals surface area (Å²) in [6.45, 7) is 6.08. The third-order valence-electron chi connectivity index (χ3n) is 2.05. The standard InChI is InChI=1S/C11H21Br/c1-3-4-5-6-7-8-9-10-11(2)12/h2-10H2,1H3. The van der Waals surface area contributed by atoms with Gasteiger partial charge in [-0.25, -0.2) is 0 Å².